The van der Waals surface area contributed by atoms with Gasteiger partial charge in [-0.15, -0.1) is 11.3 Å². The molecule has 0 bridgehead atoms. The largest absolute Gasteiger partial charge is 0.320 e. The van der Waals surface area contributed by atoms with Crippen LogP contribution in [0.15, 0.2) is 48.5 Å². The molecule has 0 fully saturated rings. The van der Waals surface area contributed by atoms with Gasteiger partial charge in [0.25, 0.3) is 5.91 Å². The third kappa shape index (κ3) is 2.46. The summed E-state index contributed by atoms with van der Waals surface area (Å²) in [5, 5.41) is 3.08. The zero-order chi connectivity index (χ0) is 13.2. The summed E-state index contributed by atoms with van der Waals surface area (Å²) >= 11 is 1.33. The van der Waals surface area contributed by atoms with Gasteiger partial charge in [-0.2, -0.15) is 0 Å². The van der Waals surface area contributed by atoms with Gasteiger partial charge in [0.05, 0.1) is 10.2 Å². The molecule has 0 aliphatic carbocycles. The minimum Gasteiger partial charge on any atom is -0.320 e. The quantitative estimate of drug-likeness (QED) is 0.773. The topological polar surface area (TPSA) is 42.0 Å². The number of carbonyl (C=O) groups excluding carboxylic acids is 1. The minimum atomic E-state index is -0.335. The van der Waals surface area contributed by atoms with Crippen molar-refractivity contribution in [2.75, 3.05) is 5.32 Å². The van der Waals surface area contributed by atoms with E-state index in [-0.39, 0.29) is 11.7 Å². The van der Waals surface area contributed by atoms with E-state index in [2.05, 4.69) is 10.3 Å². The monoisotopic (exact) mass is 272 g/mol. The van der Waals surface area contributed by atoms with Gasteiger partial charge in [-0.3, -0.25) is 4.79 Å². The number of amides is 1. The second-order valence-electron chi connectivity index (χ2n) is 3.95. The molecule has 3 rings (SSSR count). The Morgan fingerprint density at radius 3 is 2.58 bits per heavy atom. The summed E-state index contributed by atoms with van der Waals surface area (Å²) in [6.07, 6.45) is 0. The van der Waals surface area contributed by atoms with Gasteiger partial charge < -0.3 is 5.32 Å². The van der Waals surface area contributed by atoms with Gasteiger partial charge in [-0.1, -0.05) is 12.1 Å². The molecule has 0 radical (unpaired) electrons. The second-order valence-corrected chi connectivity index (χ2v) is 4.98. The molecule has 0 saturated carbocycles. The highest BCUT2D eigenvalue weighted by Gasteiger charge is 2.12. The highest BCUT2D eigenvalue weighted by molar-refractivity contribution is 7.20. The smallest absolute Gasteiger partial charge is 0.284 e. The Balaban J connectivity index is 1.85. The van der Waals surface area contributed by atoms with E-state index in [0.29, 0.717) is 10.7 Å². The van der Waals surface area contributed by atoms with Crippen LogP contribution in [0.2, 0.25) is 0 Å². The van der Waals surface area contributed by atoms with Gasteiger partial charge in [-0.25, -0.2) is 9.37 Å². The van der Waals surface area contributed by atoms with Crippen molar-refractivity contribution in [3.63, 3.8) is 0 Å². The first-order valence-corrected chi connectivity index (χ1v) is 6.46. The van der Waals surface area contributed by atoms with Crippen LogP contribution in [-0.4, -0.2) is 10.9 Å². The number of aromatic nitrogens is 1. The lowest BCUT2D eigenvalue weighted by molar-refractivity contribution is 0.102. The summed E-state index contributed by atoms with van der Waals surface area (Å²) in [5.74, 6) is -0.620. The normalized spacial score (nSPS) is 10.6. The van der Waals surface area contributed by atoms with Crippen molar-refractivity contribution in [2.45, 2.75) is 0 Å². The van der Waals surface area contributed by atoms with Crippen LogP contribution in [0.5, 0.6) is 0 Å². The van der Waals surface area contributed by atoms with E-state index in [1.165, 1.54) is 35.6 Å². The number of halogens is 1. The van der Waals surface area contributed by atoms with Crippen molar-refractivity contribution in [2.24, 2.45) is 0 Å². The number of nitrogens with zero attached hydrogens (tertiary/aromatic N) is 1. The number of hydrogen-bond acceptors (Lipinski definition) is 3. The number of para-hydroxylation sites is 1. The Morgan fingerprint density at radius 2 is 1.84 bits per heavy atom. The Labute approximate surface area is 112 Å². The van der Waals surface area contributed by atoms with Crippen LogP contribution in [0.25, 0.3) is 10.2 Å². The summed E-state index contributed by atoms with van der Waals surface area (Å²) in [7, 11) is 0. The molecular weight excluding hydrogens is 263 g/mol. The lowest BCUT2D eigenvalue weighted by Gasteiger charge is -2.01. The first kappa shape index (κ1) is 11.8. The first-order chi connectivity index (χ1) is 9.22. The molecule has 0 spiro atoms. The van der Waals surface area contributed by atoms with E-state index in [1.54, 1.807) is 0 Å². The van der Waals surface area contributed by atoms with E-state index < -0.39 is 0 Å². The number of anilines is 1. The van der Waals surface area contributed by atoms with Crippen LogP contribution in [-0.2, 0) is 0 Å². The third-order valence-electron chi connectivity index (χ3n) is 2.59. The van der Waals surface area contributed by atoms with Crippen molar-refractivity contribution in [1.29, 1.82) is 0 Å². The van der Waals surface area contributed by atoms with Gasteiger partial charge in [-0.05, 0) is 36.4 Å². The molecule has 1 aromatic heterocycles. The molecule has 5 heteroatoms. The molecule has 1 heterocycles. The number of hydrogen-bond donors (Lipinski definition) is 1. The van der Waals surface area contributed by atoms with Crippen LogP contribution < -0.4 is 5.32 Å². The first-order valence-electron chi connectivity index (χ1n) is 5.65. The molecule has 3 aromatic rings. The molecule has 0 unspecified atom stereocenters. The molecule has 0 aliphatic rings. The molecule has 0 saturated heterocycles. The van der Waals surface area contributed by atoms with E-state index >= 15 is 0 Å². The van der Waals surface area contributed by atoms with Crippen LogP contribution in [0.4, 0.5) is 10.1 Å². The molecule has 3 nitrogen and oxygen atoms in total. The molecule has 94 valence electrons. The summed E-state index contributed by atoms with van der Waals surface area (Å²) in [5.41, 5.74) is 1.35. The van der Waals surface area contributed by atoms with Crippen LogP contribution in [0.3, 0.4) is 0 Å². The SMILES string of the molecule is O=C(Nc1ccc(F)cc1)c1nc2ccccc2s1. The molecule has 0 aliphatic heterocycles. The Kier molecular flexibility index (Phi) is 2.97. The Hall–Kier alpha value is -2.27. The fraction of sp³-hybridized carbons (Fsp3) is 0. The third-order valence-corrected chi connectivity index (χ3v) is 3.63. The zero-order valence-corrected chi connectivity index (χ0v) is 10.6. The fourth-order valence-electron chi connectivity index (χ4n) is 1.69. The maximum absolute atomic E-state index is 12.8. The van der Waals surface area contributed by atoms with Crippen LogP contribution >= 0.6 is 11.3 Å². The lowest BCUT2D eigenvalue weighted by Crippen LogP contribution is -2.11. The minimum absolute atomic E-state index is 0.284. The number of carbonyl (C=O) groups is 1. The summed E-state index contributed by atoms with van der Waals surface area (Å²) in [6.45, 7) is 0. The lowest BCUT2D eigenvalue weighted by atomic mass is 10.3. The van der Waals surface area contributed by atoms with Crippen LogP contribution in [0, 0.1) is 5.82 Å². The average Bonchev–Trinajstić information content (AvgIpc) is 2.85. The standard InChI is InChI=1S/C14H9FN2OS/c15-9-5-7-10(8-6-9)16-13(18)14-17-11-3-1-2-4-12(11)19-14/h1-8H,(H,16,18). The molecule has 0 atom stereocenters. The number of thiazole rings is 1. The average molecular weight is 272 g/mol. The summed E-state index contributed by atoms with van der Waals surface area (Å²) in [6, 6.07) is 13.2. The number of nitrogens with one attached hydrogen (secondary N) is 1. The highest BCUT2D eigenvalue weighted by atomic mass is 32.1. The van der Waals surface area contributed by atoms with Gasteiger partial charge in [0.1, 0.15) is 5.82 Å². The molecular formula is C14H9FN2OS. The maximum atomic E-state index is 12.8. The Morgan fingerprint density at radius 1 is 1.11 bits per heavy atom. The van der Waals surface area contributed by atoms with Crippen molar-refractivity contribution in [3.05, 3.63) is 59.4 Å². The van der Waals surface area contributed by atoms with Crippen LogP contribution in [0.1, 0.15) is 9.80 Å². The predicted molar refractivity (Wildman–Crippen MR) is 74.0 cm³/mol. The Bertz CT molecular complexity index is 704. The maximum Gasteiger partial charge on any atom is 0.284 e. The van der Waals surface area contributed by atoms with E-state index in [1.807, 2.05) is 24.3 Å². The molecule has 1 amide bonds. The zero-order valence-electron chi connectivity index (χ0n) is 9.76. The van der Waals surface area contributed by atoms with Crippen molar-refractivity contribution in [3.8, 4) is 0 Å². The fourth-order valence-corrected chi connectivity index (χ4v) is 2.55. The number of fused-ring (bicyclic) bond motifs is 1. The molecule has 19 heavy (non-hydrogen) atoms. The summed E-state index contributed by atoms with van der Waals surface area (Å²) < 4.78 is 13.7. The van der Waals surface area contributed by atoms with Gasteiger partial charge >= 0.3 is 0 Å². The van der Waals surface area contributed by atoms with Gasteiger partial charge in [0.15, 0.2) is 5.01 Å². The summed E-state index contributed by atoms with van der Waals surface area (Å²) in [4.78, 5) is 16.3. The molecule has 2 aromatic carbocycles. The van der Waals surface area contributed by atoms with Crippen molar-refractivity contribution < 1.29 is 9.18 Å². The number of benzene rings is 2. The van der Waals surface area contributed by atoms with Gasteiger partial charge in [0, 0.05) is 5.69 Å². The highest BCUT2D eigenvalue weighted by Crippen LogP contribution is 2.22. The predicted octanol–water partition coefficient (Wildman–Crippen LogP) is 3.69. The van der Waals surface area contributed by atoms with Crippen molar-refractivity contribution in [1.82, 2.24) is 4.98 Å². The number of rotatable bonds is 2. The molecule has 1 N–H and O–H groups in total. The van der Waals surface area contributed by atoms with Gasteiger partial charge in [0.2, 0.25) is 0 Å². The van der Waals surface area contributed by atoms with E-state index in [9.17, 15) is 9.18 Å². The van der Waals surface area contributed by atoms with Crippen molar-refractivity contribution >= 4 is 33.1 Å². The second kappa shape index (κ2) is 4.78. The van der Waals surface area contributed by atoms with E-state index in [0.717, 1.165) is 10.2 Å². The van der Waals surface area contributed by atoms with E-state index in [4.69, 9.17) is 0 Å².